The first kappa shape index (κ1) is 13.6. The molecule has 1 heterocycles. The molecule has 0 atom stereocenters. The molecule has 3 nitrogen and oxygen atoms in total. The molecule has 2 aromatic carbocycles. The van der Waals surface area contributed by atoms with E-state index in [2.05, 4.69) is 29.4 Å². The minimum Gasteiger partial charge on any atom is -0.457 e. The third-order valence-electron chi connectivity index (χ3n) is 3.31. The maximum atomic E-state index is 6.04. The number of nitrogens with one attached hydrogen (secondary N) is 1. The molecule has 3 rings (SSSR count). The van der Waals surface area contributed by atoms with Gasteiger partial charge >= 0.3 is 0 Å². The summed E-state index contributed by atoms with van der Waals surface area (Å²) in [5.74, 6) is 1.68. The van der Waals surface area contributed by atoms with Gasteiger partial charge in [0.15, 0.2) is 0 Å². The quantitative estimate of drug-likeness (QED) is 0.761. The van der Waals surface area contributed by atoms with Gasteiger partial charge in [0.2, 0.25) is 0 Å². The predicted molar refractivity (Wildman–Crippen MR) is 85.6 cm³/mol. The third kappa shape index (κ3) is 3.20. The number of nitrogens with zero attached hydrogens (tertiary/aromatic N) is 1. The highest BCUT2D eigenvalue weighted by atomic mass is 16.5. The van der Waals surface area contributed by atoms with Crippen LogP contribution in [0.5, 0.6) is 11.5 Å². The molecular weight excluding hydrogens is 260 g/mol. The molecular formula is C18H18N2O. The van der Waals surface area contributed by atoms with Gasteiger partial charge in [-0.1, -0.05) is 25.1 Å². The molecule has 0 spiro atoms. The van der Waals surface area contributed by atoms with Crippen LogP contribution >= 0.6 is 0 Å². The van der Waals surface area contributed by atoms with Crippen molar-refractivity contribution in [3.63, 3.8) is 0 Å². The summed E-state index contributed by atoms with van der Waals surface area (Å²) >= 11 is 0. The predicted octanol–water partition coefficient (Wildman–Crippen LogP) is 4.14. The van der Waals surface area contributed by atoms with Crippen molar-refractivity contribution >= 4 is 10.9 Å². The normalized spacial score (nSPS) is 10.7. The molecule has 0 aliphatic carbocycles. The number of fused-ring (bicyclic) bond motifs is 1. The third-order valence-corrected chi connectivity index (χ3v) is 3.31. The smallest absolute Gasteiger partial charge is 0.136 e. The molecule has 0 saturated heterocycles. The van der Waals surface area contributed by atoms with Crippen molar-refractivity contribution < 1.29 is 4.74 Å². The Hall–Kier alpha value is -2.39. The summed E-state index contributed by atoms with van der Waals surface area (Å²) < 4.78 is 6.04. The highest BCUT2D eigenvalue weighted by Crippen LogP contribution is 2.29. The van der Waals surface area contributed by atoms with Crippen molar-refractivity contribution in [1.29, 1.82) is 0 Å². The van der Waals surface area contributed by atoms with Crippen molar-refractivity contribution in [2.45, 2.75) is 13.5 Å². The first-order valence-corrected chi connectivity index (χ1v) is 7.18. The van der Waals surface area contributed by atoms with Crippen LogP contribution in [0.1, 0.15) is 12.5 Å². The minimum atomic E-state index is 0.834. The van der Waals surface area contributed by atoms with E-state index < -0.39 is 0 Å². The summed E-state index contributed by atoms with van der Waals surface area (Å²) in [5, 5.41) is 4.34. The minimum absolute atomic E-state index is 0.834. The zero-order valence-corrected chi connectivity index (χ0v) is 12.0. The summed E-state index contributed by atoms with van der Waals surface area (Å²) in [6.07, 6.45) is 1.79. The van der Waals surface area contributed by atoms with Crippen LogP contribution in [0.25, 0.3) is 10.9 Å². The average Bonchev–Trinajstić information content (AvgIpc) is 2.54. The largest absolute Gasteiger partial charge is 0.457 e. The highest BCUT2D eigenvalue weighted by Gasteiger charge is 2.04. The fraction of sp³-hybridized carbons (Fsp3) is 0.167. The first-order valence-electron chi connectivity index (χ1n) is 7.18. The van der Waals surface area contributed by atoms with E-state index in [1.807, 2.05) is 42.5 Å². The van der Waals surface area contributed by atoms with Crippen LogP contribution in [0.2, 0.25) is 0 Å². The maximum absolute atomic E-state index is 6.04. The Labute approximate surface area is 124 Å². The monoisotopic (exact) mass is 278 g/mol. The maximum Gasteiger partial charge on any atom is 0.136 e. The number of pyridine rings is 1. The van der Waals surface area contributed by atoms with Crippen molar-refractivity contribution in [2.24, 2.45) is 0 Å². The van der Waals surface area contributed by atoms with Crippen LogP contribution in [-0.4, -0.2) is 11.5 Å². The molecule has 3 heteroatoms. The zero-order valence-electron chi connectivity index (χ0n) is 12.0. The Balaban J connectivity index is 1.88. The van der Waals surface area contributed by atoms with Gasteiger partial charge in [-0.05, 0) is 48.5 Å². The highest BCUT2D eigenvalue weighted by molar-refractivity contribution is 5.85. The Morgan fingerprint density at radius 3 is 2.86 bits per heavy atom. The van der Waals surface area contributed by atoms with Crippen molar-refractivity contribution in [3.8, 4) is 11.5 Å². The summed E-state index contributed by atoms with van der Waals surface area (Å²) in [6.45, 7) is 3.91. The van der Waals surface area contributed by atoms with Crippen LogP contribution in [-0.2, 0) is 6.54 Å². The van der Waals surface area contributed by atoms with Gasteiger partial charge in [-0.25, -0.2) is 0 Å². The standard InChI is InChI=1S/C18H18N2O/c1-2-19-13-14-6-3-7-15(12-14)21-18-10-4-9-17-16(18)8-5-11-20-17/h3-12,19H,2,13H2,1H3. The van der Waals surface area contributed by atoms with Gasteiger partial charge in [0, 0.05) is 18.1 Å². The molecule has 1 aromatic heterocycles. The molecule has 106 valence electrons. The lowest BCUT2D eigenvalue weighted by Gasteiger charge is -2.10. The fourth-order valence-electron chi connectivity index (χ4n) is 2.28. The van der Waals surface area contributed by atoms with E-state index in [9.17, 15) is 0 Å². The van der Waals surface area contributed by atoms with Crippen LogP contribution in [0.15, 0.2) is 60.8 Å². The molecule has 0 amide bonds. The van der Waals surface area contributed by atoms with Crippen LogP contribution in [0, 0.1) is 0 Å². The van der Waals surface area contributed by atoms with Crippen LogP contribution < -0.4 is 10.1 Å². The van der Waals surface area contributed by atoms with Gasteiger partial charge in [-0.3, -0.25) is 4.98 Å². The number of rotatable bonds is 5. The summed E-state index contributed by atoms with van der Waals surface area (Å²) in [4.78, 5) is 4.35. The van der Waals surface area contributed by atoms with Crippen LogP contribution in [0.4, 0.5) is 0 Å². The Morgan fingerprint density at radius 1 is 1.05 bits per heavy atom. The number of hydrogen-bond acceptors (Lipinski definition) is 3. The molecule has 0 saturated carbocycles. The second-order valence-corrected chi connectivity index (χ2v) is 4.86. The second-order valence-electron chi connectivity index (χ2n) is 4.86. The molecule has 0 bridgehead atoms. The number of benzene rings is 2. The van der Waals surface area contributed by atoms with E-state index in [-0.39, 0.29) is 0 Å². The molecule has 21 heavy (non-hydrogen) atoms. The van der Waals surface area contributed by atoms with Gasteiger partial charge in [0.25, 0.3) is 0 Å². The van der Waals surface area contributed by atoms with E-state index in [4.69, 9.17) is 4.74 Å². The van der Waals surface area contributed by atoms with Gasteiger partial charge in [-0.2, -0.15) is 0 Å². The number of hydrogen-bond donors (Lipinski definition) is 1. The van der Waals surface area contributed by atoms with Gasteiger partial charge in [-0.15, -0.1) is 0 Å². The lowest BCUT2D eigenvalue weighted by Crippen LogP contribution is -2.11. The van der Waals surface area contributed by atoms with E-state index >= 15 is 0 Å². The van der Waals surface area contributed by atoms with E-state index in [1.54, 1.807) is 6.20 Å². The van der Waals surface area contributed by atoms with Crippen molar-refractivity contribution in [3.05, 3.63) is 66.4 Å². The van der Waals surface area contributed by atoms with Gasteiger partial charge in [0.05, 0.1) is 5.52 Å². The van der Waals surface area contributed by atoms with Crippen LogP contribution in [0.3, 0.4) is 0 Å². The Morgan fingerprint density at radius 2 is 1.95 bits per heavy atom. The zero-order chi connectivity index (χ0) is 14.5. The fourth-order valence-corrected chi connectivity index (χ4v) is 2.28. The van der Waals surface area contributed by atoms with Gasteiger partial charge < -0.3 is 10.1 Å². The van der Waals surface area contributed by atoms with E-state index in [0.29, 0.717) is 0 Å². The summed E-state index contributed by atoms with van der Waals surface area (Å²) in [7, 11) is 0. The van der Waals surface area contributed by atoms with Crippen molar-refractivity contribution in [1.82, 2.24) is 10.3 Å². The molecule has 0 aliphatic heterocycles. The molecule has 0 unspecified atom stereocenters. The van der Waals surface area contributed by atoms with Gasteiger partial charge in [0.1, 0.15) is 11.5 Å². The Kier molecular flexibility index (Phi) is 4.12. The molecule has 0 radical (unpaired) electrons. The summed E-state index contributed by atoms with van der Waals surface area (Å²) in [5.41, 5.74) is 2.16. The second kappa shape index (κ2) is 6.37. The van der Waals surface area contributed by atoms with E-state index in [1.165, 1.54) is 5.56 Å². The molecule has 3 aromatic rings. The first-order chi connectivity index (χ1) is 10.4. The molecule has 1 N–H and O–H groups in total. The lowest BCUT2D eigenvalue weighted by molar-refractivity contribution is 0.487. The van der Waals surface area contributed by atoms with E-state index in [0.717, 1.165) is 35.5 Å². The molecule has 0 aliphatic rings. The number of aromatic nitrogens is 1. The number of ether oxygens (including phenoxy) is 1. The summed E-state index contributed by atoms with van der Waals surface area (Å²) in [6, 6.07) is 18.0. The lowest BCUT2D eigenvalue weighted by atomic mass is 10.2. The average molecular weight is 278 g/mol. The topological polar surface area (TPSA) is 34.1 Å². The Bertz CT molecular complexity index is 735. The van der Waals surface area contributed by atoms with Crippen molar-refractivity contribution in [2.75, 3.05) is 6.54 Å². The SMILES string of the molecule is CCNCc1cccc(Oc2cccc3ncccc23)c1. The molecule has 0 fully saturated rings.